The molecule has 8 nitrogen and oxygen atoms in total. The zero-order chi connectivity index (χ0) is 21.3. The van der Waals surface area contributed by atoms with Crippen LogP contribution in [-0.4, -0.2) is 30.0 Å². The molecule has 0 aliphatic rings. The molecule has 0 spiro atoms. The zero-order valence-corrected chi connectivity index (χ0v) is 15.8. The van der Waals surface area contributed by atoms with Crippen molar-refractivity contribution in [3.63, 3.8) is 0 Å². The van der Waals surface area contributed by atoms with Crippen LogP contribution in [0.3, 0.4) is 0 Å². The molecule has 3 aromatic rings. The molecule has 3 rings (SSSR count). The number of ether oxygens (including phenoxy) is 2. The number of nitrogens with one attached hydrogen (secondary N) is 1. The number of hydrogen-bond acceptors (Lipinski definition) is 6. The zero-order valence-electron chi connectivity index (χ0n) is 15.8. The highest BCUT2D eigenvalue weighted by atomic mass is 16.6. The molecule has 30 heavy (non-hydrogen) atoms. The van der Waals surface area contributed by atoms with Crippen molar-refractivity contribution in [2.24, 2.45) is 0 Å². The summed E-state index contributed by atoms with van der Waals surface area (Å²) >= 11 is 0. The Morgan fingerprint density at radius 1 is 0.833 bits per heavy atom. The molecule has 3 aromatic carbocycles. The molecular weight excluding hydrogens is 388 g/mol. The van der Waals surface area contributed by atoms with Gasteiger partial charge >= 0.3 is 5.97 Å². The van der Waals surface area contributed by atoms with Crippen molar-refractivity contribution >= 4 is 23.3 Å². The summed E-state index contributed by atoms with van der Waals surface area (Å²) in [5.74, 6) is -0.757. The topological polar surface area (TPSA) is 108 Å². The number of nitro benzene ring substituents is 1. The number of rotatable bonds is 8. The number of carbonyl (C=O) groups excluding carboxylic acids is 2. The van der Waals surface area contributed by atoms with Gasteiger partial charge in [-0.1, -0.05) is 42.5 Å². The Kier molecular flexibility index (Phi) is 6.73. The van der Waals surface area contributed by atoms with Crippen LogP contribution in [0.25, 0.3) is 11.1 Å². The Labute approximate surface area is 172 Å². The normalized spacial score (nSPS) is 10.1. The molecule has 1 amide bonds. The van der Waals surface area contributed by atoms with Gasteiger partial charge in [-0.15, -0.1) is 0 Å². The maximum absolute atomic E-state index is 11.8. The van der Waals surface area contributed by atoms with Crippen LogP contribution < -0.4 is 10.1 Å². The van der Waals surface area contributed by atoms with Crippen LogP contribution in [0.1, 0.15) is 0 Å². The van der Waals surface area contributed by atoms with E-state index < -0.39 is 23.4 Å². The first-order valence-corrected chi connectivity index (χ1v) is 8.99. The fourth-order valence-corrected chi connectivity index (χ4v) is 2.57. The summed E-state index contributed by atoms with van der Waals surface area (Å²) in [6.45, 7) is -0.832. The third-order valence-corrected chi connectivity index (χ3v) is 4.04. The lowest BCUT2D eigenvalue weighted by Gasteiger charge is -2.08. The number of anilines is 1. The van der Waals surface area contributed by atoms with Crippen LogP contribution in [0.2, 0.25) is 0 Å². The second kappa shape index (κ2) is 9.83. The van der Waals surface area contributed by atoms with Gasteiger partial charge in [0, 0.05) is 17.8 Å². The Balaban J connectivity index is 1.41. The van der Waals surface area contributed by atoms with Crippen LogP contribution >= 0.6 is 0 Å². The first-order chi connectivity index (χ1) is 14.5. The fourth-order valence-electron chi connectivity index (χ4n) is 2.57. The maximum Gasteiger partial charge on any atom is 0.344 e. The highest BCUT2D eigenvalue weighted by Gasteiger charge is 2.10. The number of nitrogens with zero attached hydrogens (tertiary/aromatic N) is 1. The molecule has 0 heterocycles. The molecule has 0 fully saturated rings. The number of non-ortho nitro benzene ring substituents is 1. The molecule has 0 bridgehead atoms. The molecule has 152 valence electrons. The maximum atomic E-state index is 11.8. The molecule has 0 aliphatic carbocycles. The van der Waals surface area contributed by atoms with Gasteiger partial charge in [0.15, 0.2) is 13.2 Å². The lowest BCUT2D eigenvalue weighted by atomic mass is 10.1. The molecule has 0 radical (unpaired) electrons. The van der Waals surface area contributed by atoms with Crippen molar-refractivity contribution < 1.29 is 24.0 Å². The number of carbonyl (C=O) groups is 2. The number of esters is 1. The first-order valence-electron chi connectivity index (χ1n) is 8.99. The number of amides is 1. The summed E-state index contributed by atoms with van der Waals surface area (Å²) in [6.07, 6.45) is 0. The van der Waals surface area contributed by atoms with Crippen molar-refractivity contribution in [1.82, 2.24) is 0 Å². The molecule has 0 unspecified atom stereocenters. The third kappa shape index (κ3) is 5.90. The van der Waals surface area contributed by atoms with E-state index in [4.69, 9.17) is 9.47 Å². The lowest BCUT2D eigenvalue weighted by Crippen LogP contribution is -2.23. The van der Waals surface area contributed by atoms with E-state index in [2.05, 4.69) is 5.32 Å². The molecule has 8 heteroatoms. The Bertz CT molecular complexity index is 1020. The molecule has 0 atom stereocenters. The monoisotopic (exact) mass is 406 g/mol. The van der Waals surface area contributed by atoms with Crippen molar-refractivity contribution in [2.45, 2.75) is 0 Å². The van der Waals surface area contributed by atoms with E-state index in [0.717, 1.165) is 11.1 Å². The second-order valence-corrected chi connectivity index (χ2v) is 6.19. The van der Waals surface area contributed by atoms with Gasteiger partial charge in [-0.25, -0.2) is 4.79 Å². The van der Waals surface area contributed by atoms with Crippen molar-refractivity contribution in [1.29, 1.82) is 0 Å². The van der Waals surface area contributed by atoms with Gasteiger partial charge < -0.3 is 14.8 Å². The third-order valence-electron chi connectivity index (χ3n) is 4.04. The highest BCUT2D eigenvalue weighted by molar-refractivity contribution is 5.92. The van der Waals surface area contributed by atoms with E-state index >= 15 is 0 Å². The Hall–Kier alpha value is -4.20. The molecule has 0 saturated carbocycles. The van der Waals surface area contributed by atoms with Gasteiger partial charge in [0.05, 0.1) is 4.92 Å². The lowest BCUT2D eigenvalue weighted by molar-refractivity contribution is -0.384. The van der Waals surface area contributed by atoms with E-state index in [1.165, 1.54) is 24.3 Å². The molecule has 1 N–H and O–H groups in total. The number of hydrogen-bond donors (Lipinski definition) is 1. The van der Waals surface area contributed by atoms with Crippen LogP contribution in [0.4, 0.5) is 11.4 Å². The van der Waals surface area contributed by atoms with Gasteiger partial charge in [-0.3, -0.25) is 14.9 Å². The quantitative estimate of drug-likeness (QED) is 0.346. The largest absolute Gasteiger partial charge is 0.482 e. The van der Waals surface area contributed by atoms with E-state index in [1.807, 2.05) is 42.5 Å². The van der Waals surface area contributed by atoms with Crippen LogP contribution in [0.5, 0.6) is 5.75 Å². The van der Waals surface area contributed by atoms with Crippen LogP contribution in [0.15, 0.2) is 78.9 Å². The molecule has 0 aromatic heterocycles. The average molecular weight is 406 g/mol. The summed E-state index contributed by atoms with van der Waals surface area (Å²) in [4.78, 5) is 33.7. The second-order valence-electron chi connectivity index (χ2n) is 6.19. The molecule has 0 aliphatic heterocycles. The van der Waals surface area contributed by atoms with Crippen LogP contribution in [0, 0.1) is 10.1 Å². The summed E-state index contributed by atoms with van der Waals surface area (Å²) in [5, 5.41) is 13.1. The van der Waals surface area contributed by atoms with Gasteiger partial charge in [0.25, 0.3) is 11.6 Å². The van der Waals surface area contributed by atoms with Crippen LogP contribution in [-0.2, 0) is 14.3 Å². The minimum atomic E-state index is -0.694. The SMILES string of the molecule is O=C(COC(=O)COc1ccc(-c2ccccc2)cc1)Nc1ccc([N+](=O)[O-])cc1. The first kappa shape index (κ1) is 20.5. The number of nitro groups is 1. The standard InChI is InChI=1S/C22H18N2O6/c25-21(23-18-8-10-19(11-9-18)24(27)28)14-30-22(26)15-29-20-12-6-17(7-13-20)16-4-2-1-3-5-16/h1-13H,14-15H2,(H,23,25). The summed E-state index contributed by atoms with van der Waals surface area (Å²) < 4.78 is 10.2. The Morgan fingerprint density at radius 3 is 2.10 bits per heavy atom. The van der Waals surface area contributed by atoms with Gasteiger partial charge in [-0.2, -0.15) is 0 Å². The van der Waals surface area contributed by atoms with E-state index in [1.54, 1.807) is 12.1 Å². The predicted octanol–water partition coefficient (Wildman–Crippen LogP) is 3.82. The van der Waals surface area contributed by atoms with Crippen molar-refractivity contribution in [3.8, 4) is 16.9 Å². The van der Waals surface area contributed by atoms with Gasteiger partial charge in [0.2, 0.25) is 0 Å². The molecule has 0 saturated heterocycles. The van der Waals surface area contributed by atoms with Gasteiger partial charge in [0.1, 0.15) is 5.75 Å². The van der Waals surface area contributed by atoms with Crippen molar-refractivity contribution in [3.05, 3.63) is 89.0 Å². The van der Waals surface area contributed by atoms with E-state index in [0.29, 0.717) is 11.4 Å². The fraction of sp³-hybridized carbons (Fsp3) is 0.0909. The van der Waals surface area contributed by atoms with Crippen molar-refractivity contribution in [2.75, 3.05) is 18.5 Å². The summed E-state index contributed by atoms with van der Waals surface area (Å²) in [6, 6.07) is 22.4. The predicted molar refractivity (Wildman–Crippen MR) is 110 cm³/mol. The van der Waals surface area contributed by atoms with E-state index in [-0.39, 0.29) is 12.3 Å². The smallest absolute Gasteiger partial charge is 0.344 e. The summed E-state index contributed by atoms with van der Waals surface area (Å²) in [5.41, 5.74) is 2.36. The summed E-state index contributed by atoms with van der Waals surface area (Å²) in [7, 11) is 0. The average Bonchev–Trinajstić information content (AvgIpc) is 2.77. The number of benzene rings is 3. The highest BCUT2D eigenvalue weighted by Crippen LogP contribution is 2.22. The Morgan fingerprint density at radius 2 is 1.47 bits per heavy atom. The van der Waals surface area contributed by atoms with E-state index in [9.17, 15) is 19.7 Å². The minimum absolute atomic E-state index is 0.0895. The van der Waals surface area contributed by atoms with Gasteiger partial charge in [-0.05, 0) is 35.4 Å². The molecular formula is C22H18N2O6. The minimum Gasteiger partial charge on any atom is -0.482 e.